The monoisotopic (exact) mass is 317 g/mol. The number of nitrogens with two attached hydrogens (primary N) is 1. The Bertz CT molecular complexity index is 698. The smallest absolute Gasteiger partial charge is 0.272 e. The number of nitrogens with zero attached hydrogens (tertiary/aromatic N) is 4. The van der Waals surface area contributed by atoms with E-state index in [0.29, 0.717) is 0 Å². The highest BCUT2D eigenvalue weighted by Crippen LogP contribution is 2.41. The Labute approximate surface area is 122 Å². The van der Waals surface area contributed by atoms with E-state index in [4.69, 9.17) is 10.5 Å². The second kappa shape index (κ2) is 5.05. The normalized spacial score (nSPS) is 32.2. The van der Waals surface area contributed by atoms with Gasteiger partial charge in [0.15, 0.2) is 23.3 Å². The number of aliphatic hydroxyl groups is 3. The molecule has 1 fully saturated rings. The number of fused-ring (bicyclic) bond motifs is 1. The molecular formula is C11H13F2N5O4. The minimum absolute atomic E-state index is 0.00587. The lowest BCUT2D eigenvalue weighted by atomic mass is 9.96. The van der Waals surface area contributed by atoms with Crippen LogP contribution in [0.4, 0.5) is 14.6 Å². The summed E-state index contributed by atoms with van der Waals surface area (Å²) in [4.78, 5) is 11.5. The van der Waals surface area contributed by atoms with Crippen molar-refractivity contribution in [3.63, 3.8) is 0 Å². The number of hydrogen-bond acceptors (Lipinski definition) is 8. The van der Waals surface area contributed by atoms with Crippen molar-refractivity contribution in [2.75, 3.05) is 12.3 Å². The predicted octanol–water partition coefficient (Wildman–Crippen LogP) is -1.34. The standard InChI is InChI=1S/C11H13F2N5O4/c12-10(13)11(1-19)6(21)5(20)9(22-11)18-3-17-8-4(18)7(14)15-2-16-8/h2-3,5-6,9-10,19-21H,1H2,(H2,14,15,16)/t5-,6+,9-,11-/m1/s1. The van der Waals surface area contributed by atoms with E-state index in [9.17, 15) is 24.1 Å². The maximum Gasteiger partial charge on any atom is 0.272 e. The van der Waals surface area contributed by atoms with E-state index < -0.39 is 37.1 Å². The quantitative estimate of drug-likeness (QED) is 0.545. The SMILES string of the molecule is Nc1ncnc2ncn([C@@H]3O[C@@](CO)(C(F)F)[C@@H](O)[C@H]3O)c12. The third kappa shape index (κ3) is 1.86. The fourth-order valence-electron chi connectivity index (χ4n) is 2.50. The molecule has 0 aliphatic carbocycles. The molecule has 2 aromatic heterocycles. The molecule has 0 spiro atoms. The van der Waals surface area contributed by atoms with Crippen LogP contribution in [0, 0.1) is 0 Å². The van der Waals surface area contributed by atoms with Crippen molar-refractivity contribution < 1.29 is 28.8 Å². The van der Waals surface area contributed by atoms with Gasteiger partial charge in [0.25, 0.3) is 6.43 Å². The van der Waals surface area contributed by atoms with Gasteiger partial charge in [-0.1, -0.05) is 0 Å². The van der Waals surface area contributed by atoms with Crippen LogP contribution in [0.25, 0.3) is 11.2 Å². The molecule has 0 saturated carbocycles. The number of alkyl halides is 2. The van der Waals surface area contributed by atoms with Crippen LogP contribution in [0.3, 0.4) is 0 Å². The van der Waals surface area contributed by atoms with Gasteiger partial charge in [-0.3, -0.25) is 4.57 Å². The molecule has 22 heavy (non-hydrogen) atoms. The maximum atomic E-state index is 13.2. The Morgan fingerprint density at radius 3 is 2.68 bits per heavy atom. The van der Waals surface area contributed by atoms with Gasteiger partial charge in [0.2, 0.25) is 0 Å². The van der Waals surface area contributed by atoms with Crippen LogP contribution in [0.1, 0.15) is 6.23 Å². The van der Waals surface area contributed by atoms with Crippen molar-refractivity contribution in [1.82, 2.24) is 19.5 Å². The summed E-state index contributed by atoms with van der Waals surface area (Å²) < 4.78 is 32.6. The zero-order valence-corrected chi connectivity index (χ0v) is 11.0. The average Bonchev–Trinajstić information content (AvgIpc) is 3.02. The molecule has 9 nitrogen and oxygen atoms in total. The number of rotatable bonds is 3. The van der Waals surface area contributed by atoms with Crippen LogP contribution in [0.2, 0.25) is 0 Å². The second-order valence-corrected chi connectivity index (χ2v) is 4.94. The lowest BCUT2D eigenvalue weighted by Gasteiger charge is -2.28. The van der Waals surface area contributed by atoms with E-state index in [-0.39, 0.29) is 17.0 Å². The van der Waals surface area contributed by atoms with E-state index in [1.54, 1.807) is 0 Å². The van der Waals surface area contributed by atoms with Crippen LogP contribution in [-0.4, -0.2) is 65.7 Å². The number of halogens is 2. The molecule has 0 unspecified atom stereocenters. The maximum absolute atomic E-state index is 13.2. The summed E-state index contributed by atoms with van der Waals surface area (Å²) in [7, 11) is 0. The Morgan fingerprint density at radius 2 is 2.09 bits per heavy atom. The topological polar surface area (TPSA) is 140 Å². The van der Waals surface area contributed by atoms with Crippen LogP contribution in [-0.2, 0) is 4.74 Å². The van der Waals surface area contributed by atoms with Gasteiger partial charge in [0.05, 0.1) is 6.61 Å². The number of aliphatic hydroxyl groups excluding tert-OH is 3. The Kier molecular flexibility index (Phi) is 3.44. The van der Waals surface area contributed by atoms with Gasteiger partial charge in [-0.2, -0.15) is 0 Å². The first-order chi connectivity index (χ1) is 10.4. The van der Waals surface area contributed by atoms with E-state index in [0.717, 1.165) is 4.57 Å². The highest BCUT2D eigenvalue weighted by molar-refractivity contribution is 5.81. The van der Waals surface area contributed by atoms with Gasteiger partial charge in [-0.25, -0.2) is 23.7 Å². The minimum Gasteiger partial charge on any atom is -0.393 e. The van der Waals surface area contributed by atoms with Crippen LogP contribution >= 0.6 is 0 Å². The Hall–Kier alpha value is -1.95. The molecule has 3 rings (SSSR count). The third-order valence-corrected chi connectivity index (χ3v) is 3.74. The molecule has 0 aromatic carbocycles. The van der Waals surface area contributed by atoms with E-state index in [2.05, 4.69) is 15.0 Å². The summed E-state index contributed by atoms with van der Waals surface area (Å²) in [5, 5.41) is 29.1. The molecule has 1 aliphatic heterocycles. The van der Waals surface area contributed by atoms with Crippen LogP contribution in [0.5, 0.6) is 0 Å². The van der Waals surface area contributed by atoms with Gasteiger partial charge >= 0.3 is 0 Å². The number of aromatic nitrogens is 4. The summed E-state index contributed by atoms with van der Waals surface area (Å²) in [5.74, 6) is 0.00587. The molecule has 0 amide bonds. The molecule has 3 heterocycles. The molecule has 5 N–H and O–H groups in total. The van der Waals surface area contributed by atoms with Crippen molar-refractivity contribution >= 4 is 17.0 Å². The van der Waals surface area contributed by atoms with Crippen LogP contribution < -0.4 is 5.73 Å². The Morgan fingerprint density at radius 1 is 1.36 bits per heavy atom. The molecule has 4 atom stereocenters. The number of ether oxygens (including phenoxy) is 1. The number of nitrogen functional groups attached to an aromatic ring is 1. The summed E-state index contributed by atoms with van der Waals surface area (Å²) in [5.41, 5.74) is 3.45. The van der Waals surface area contributed by atoms with Gasteiger partial charge < -0.3 is 25.8 Å². The highest BCUT2D eigenvalue weighted by Gasteiger charge is 2.60. The van der Waals surface area contributed by atoms with Crippen LogP contribution in [0.15, 0.2) is 12.7 Å². The van der Waals surface area contributed by atoms with Crippen molar-refractivity contribution in [2.45, 2.75) is 30.5 Å². The largest absolute Gasteiger partial charge is 0.393 e. The molecule has 0 bridgehead atoms. The molecule has 0 radical (unpaired) electrons. The zero-order valence-electron chi connectivity index (χ0n) is 11.0. The number of hydrogen-bond donors (Lipinski definition) is 4. The lowest BCUT2D eigenvalue weighted by molar-refractivity contribution is -0.194. The van der Waals surface area contributed by atoms with Gasteiger partial charge in [0.1, 0.15) is 30.4 Å². The van der Waals surface area contributed by atoms with E-state index in [1.165, 1.54) is 12.7 Å². The first-order valence-electron chi connectivity index (χ1n) is 6.28. The second-order valence-electron chi connectivity index (χ2n) is 4.94. The molecule has 1 saturated heterocycles. The predicted molar refractivity (Wildman–Crippen MR) is 67.7 cm³/mol. The van der Waals surface area contributed by atoms with E-state index >= 15 is 0 Å². The minimum atomic E-state index is -3.21. The fraction of sp³-hybridized carbons (Fsp3) is 0.545. The lowest BCUT2D eigenvalue weighted by Crippen LogP contribution is -2.52. The average molecular weight is 317 g/mol. The summed E-state index contributed by atoms with van der Waals surface area (Å²) in [6.07, 6.45) is -6.00. The molecule has 120 valence electrons. The summed E-state index contributed by atoms with van der Waals surface area (Å²) >= 11 is 0. The Balaban J connectivity index is 2.08. The summed E-state index contributed by atoms with van der Waals surface area (Å²) in [6.45, 7) is -1.17. The van der Waals surface area contributed by atoms with Crippen molar-refractivity contribution in [1.29, 1.82) is 0 Å². The third-order valence-electron chi connectivity index (χ3n) is 3.74. The van der Waals surface area contributed by atoms with Gasteiger partial charge in [0, 0.05) is 0 Å². The number of imidazole rings is 1. The van der Waals surface area contributed by atoms with Gasteiger partial charge in [-0.05, 0) is 0 Å². The summed E-state index contributed by atoms with van der Waals surface area (Å²) in [6, 6.07) is 0. The molecule has 2 aromatic rings. The number of anilines is 1. The van der Waals surface area contributed by atoms with Gasteiger partial charge in [-0.15, -0.1) is 0 Å². The van der Waals surface area contributed by atoms with Crippen molar-refractivity contribution in [3.8, 4) is 0 Å². The molecular weight excluding hydrogens is 304 g/mol. The zero-order chi connectivity index (χ0) is 16.1. The first-order valence-corrected chi connectivity index (χ1v) is 6.28. The highest BCUT2D eigenvalue weighted by atomic mass is 19.3. The first kappa shape index (κ1) is 15.0. The fourth-order valence-corrected chi connectivity index (χ4v) is 2.50. The molecule has 11 heteroatoms. The van der Waals surface area contributed by atoms with E-state index in [1.807, 2.05) is 0 Å². The van der Waals surface area contributed by atoms with Crippen molar-refractivity contribution in [2.24, 2.45) is 0 Å². The molecule has 1 aliphatic rings. The van der Waals surface area contributed by atoms with Crippen molar-refractivity contribution in [3.05, 3.63) is 12.7 Å².